The summed E-state index contributed by atoms with van der Waals surface area (Å²) >= 11 is 4.29. The summed E-state index contributed by atoms with van der Waals surface area (Å²) in [6.45, 7) is 1.27. The molecule has 0 radical (unpaired) electrons. The smallest absolute Gasteiger partial charge is 0.399 e. The molecule has 1 unspecified atom stereocenters. The lowest BCUT2D eigenvalue weighted by Crippen LogP contribution is -2.49. The second-order valence-electron chi connectivity index (χ2n) is 3.73. The lowest BCUT2D eigenvalue weighted by atomic mass is 9.93. The van der Waals surface area contributed by atoms with Gasteiger partial charge in [0.25, 0.3) is 0 Å². The summed E-state index contributed by atoms with van der Waals surface area (Å²) in [6.07, 6.45) is -5.86. The van der Waals surface area contributed by atoms with E-state index in [1.807, 2.05) is 0 Å². The van der Waals surface area contributed by atoms with Gasteiger partial charge in [0.2, 0.25) is 0 Å². The summed E-state index contributed by atoms with van der Waals surface area (Å²) in [5.74, 6) is 0. The highest BCUT2D eigenvalue weighted by atomic mass is 35.5. The molecule has 0 saturated carbocycles. The Hall–Kier alpha value is -1.11. The van der Waals surface area contributed by atoms with E-state index in [-0.39, 0.29) is 11.3 Å². The third-order valence-corrected chi connectivity index (χ3v) is 2.71. The molecule has 0 fully saturated rings. The summed E-state index contributed by atoms with van der Waals surface area (Å²) < 4.78 is 77.1. The van der Waals surface area contributed by atoms with E-state index < -0.39 is 22.8 Å². The summed E-state index contributed by atoms with van der Waals surface area (Å²) in [6, 6.07) is 2.04. The Morgan fingerprint density at radius 1 is 1.06 bits per heavy atom. The monoisotopic (exact) mass is 291 g/mol. The molecule has 0 saturated heterocycles. The lowest BCUT2D eigenvalue weighted by molar-refractivity contribution is -0.286. The predicted octanol–water partition coefficient (Wildman–Crippen LogP) is 4.14. The van der Waals surface area contributed by atoms with E-state index in [2.05, 4.69) is 11.6 Å². The van der Waals surface area contributed by atoms with Crippen LogP contribution in [0.2, 0.25) is 0 Å². The van der Waals surface area contributed by atoms with E-state index in [1.54, 1.807) is 0 Å². The predicted molar refractivity (Wildman–Crippen MR) is 55.2 cm³/mol. The number of aryl methyl sites for hydroxylation is 1. The fourth-order valence-electron chi connectivity index (χ4n) is 1.38. The van der Waals surface area contributed by atoms with Crippen molar-refractivity contribution in [3.63, 3.8) is 0 Å². The van der Waals surface area contributed by atoms with Gasteiger partial charge >= 0.3 is 17.2 Å². The summed E-state index contributed by atoms with van der Waals surface area (Å²) in [4.78, 5) is 0. The molecule has 0 bridgehead atoms. The van der Waals surface area contributed by atoms with E-state index in [1.165, 1.54) is 6.92 Å². The second kappa shape index (κ2) is 4.22. The minimum Gasteiger partial charge on any atom is -0.399 e. The quantitative estimate of drug-likeness (QED) is 0.495. The first-order chi connectivity index (χ1) is 7.91. The lowest BCUT2D eigenvalue weighted by Gasteiger charge is -2.31. The minimum atomic E-state index is -5.86. The highest BCUT2D eigenvalue weighted by Gasteiger charge is 2.71. The fourth-order valence-corrected chi connectivity index (χ4v) is 1.59. The van der Waals surface area contributed by atoms with Gasteiger partial charge in [-0.25, -0.2) is 4.39 Å². The Balaban J connectivity index is 3.51. The maximum atomic E-state index is 13.8. The molecular weight excluding hydrogens is 284 g/mol. The van der Waals surface area contributed by atoms with Crippen molar-refractivity contribution in [2.75, 3.05) is 5.73 Å². The Morgan fingerprint density at radius 3 is 1.89 bits per heavy atom. The van der Waals surface area contributed by atoms with Crippen LogP contribution in [-0.2, 0) is 5.67 Å². The SMILES string of the molecule is Cc1cc(C(F)(C(F)(F)F)C(F)(F)Cl)ccc1N. The van der Waals surface area contributed by atoms with Gasteiger partial charge in [0.15, 0.2) is 0 Å². The van der Waals surface area contributed by atoms with E-state index in [4.69, 9.17) is 5.73 Å². The molecule has 1 aromatic rings. The normalized spacial score (nSPS) is 16.4. The van der Waals surface area contributed by atoms with Crippen LogP contribution in [0.5, 0.6) is 0 Å². The van der Waals surface area contributed by atoms with Crippen LogP contribution in [0.25, 0.3) is 0 Å². The van der Waals surface area contributed by atoms with Gasteiger partial charge in [-0.1, -0.05) is 12.1 Å². The highest BCUT2D eigenvalue weighted by molar-refractivity contribution is 6.22. The van der Waals surface area contributed by atoms with Crippen LogP contribution in [0.1, 0.15) is 11.1 Å². The Labute approximate surface area is 104 Å². The molecule has 1 rings (SSSR count). The van der Waals surface area contributed by atoms with Crippen molar-refractivity contribution in [3.8, 4) is 0 Å². The average Bonchev–Trinajstić information content (AvgIpc) is 2.17. The largest absolute Gasteiger partial charge is 0.434 e. The van der Waals surface area contributed by atoms with Crippen molar-refractivity contribution >= 4 is 17.3 Å². The van der Waals surface area contributed by atoms with Crippen LogP contribution in [0.4, 0.5) is 32.0 Å². The molecule has 0 amide bonds. The van der Waals surface area contributed by atoms with Crippen LogP contribution >= 0.6 is 11.6 Å². The van der Waals surface area contributed by atoms with Gasteiger partial charge in [0, 0.05) is 11.3 Å². The number of benzene rings is 1. The third-order valence-electron chi connectivity index (χ3n) is 2.45. The first-order valence-electron chi connectivity index (χ1n) is 4.60. The highest BCUT2D eigenvalue weighted by Crippen LogP contribution is 2.54. The Kier molecular flexibility index (Phi) is 3.51. The van der Waals surface area contributed by atoms with E-state index in [0.29, 0.717) is 12.1 Å². The number of hydrogen-bond acceptors (Lipinski definition) is 1. The van der Waals surface area contributed by atoms with E-state index in [9.17, 15) is 26.3 Å². The van der Waals surface area contributed by atoms with Gasteiger partial charge in [0.1, 0.15) is 0 Å². The van der Waals surface area contributed by atoms with Gasteiger partial charge in [0.05, 0.1) is 0 Å². The number of alkyl halides is 7. The maximum absolute atomic E-state index is 13.8. The van der Waals surface area contributed by atoms with Crippen LogP contribution in [0.3, 0.4) is 0 Å². The maximum Gasteiger partial charge on any atom is 0.434 e. The summed E-state index contributed by atoms with van der Waals surface area (Å²) in [7, 11) is 0. The standard InChI is InChI=1S/C10H8ClF6N/c1-5-4-6(2-3-7(5)18)8(12,9(11,13)14)10(15,16)17/h2-4H,18H2,1H3. The van der Waals surface area contributed by atoms with Gasteiger partial charge in [-0.2, -0.15) is 22.0 Å². The number of hydrogen-bond donors (Lipinski definition) is 1. The molecule has 2 N–H and O–H groups in total. The molecule has 1 atom stereocenters. The van der Waals surface area contributed by atoms with Crippen LogP contribution in [-0.4, -0.2) is 11.6 Å². The van der Waals surface area contributed by atoms with Crippen LogP contribution in [0, 0.1) is 6.92 Å². The zero-order chi connectivity index (χ0) is 14.4. The Morgan fingerprint density at radius 2 is 1.56 bits per heavy atom. The van der Waals surface area contributed by atoms with Gasteiger partial charge in [-0.3, -0.25) is 0 Å². The third kappa shape index (κ3) is 2.23. The molecule has 1 aromatic carbocycles. The zero-order valence-corrected chi connectivity index (χ0v) is 9.71. The number of nitrogens with two attached hydrogens (primary N) is 1. The number of rotatable bonds is 2. The molecule has 0 aromatic heterocycles. The fraction of sp³-hybridized carbons (Fsp3) is 0.400. The number of anilines is 1. The molecule has 0 spiro atoms. The van der Waals surface area contributed by atoms with Gasteiger partial charge in [-0.15, -0.1) is 0 Å². The first kappa shape index (κ1) is 14.9. The van der Waals surface area contributed by atoms with Crippen molar-refractivity contribution in [1.29, 1.82) is 0 Å². The minimum absolute atomic E-state index is 0.0414. The van der Waals surface area contributed by atoms with Gasteiger partial charge < -0.3 is 5.73 Å². The molecule has 102 valence electrons. The molecule has 18 heavy (non-hydrogen) atoms. The van der Waals surface area contributed by atoms with E-state index in [0.717, 1.165) is 6.07 Å². The summed E-state index contributed by atoms with van der Waals surface area (Å²) in [5, 5.41) is -5.13. The second-order valence-corrected chi connectivity index (χ2v) is 4.20. The van der Waals surface area contributed by atoms with Crippen molar-refractivity contribution in [2.24, 2.45) is 0 Å². The van der Waals surface area contributed by atoms with Crippen molar-refractivity contribution in [3.05, 3.63) is 29.3 Å². The van der Waals surface area contributed by atoms with Crippen molar-refractivity contribution in [1.82, 2.24) is 0 Å². The number of nitrogen functional groups attached to an aromatic ring is 1. The van der Waals surface area contributed by atoms with E-state index >= 15 is 0 Å². The first-order valence-corrected chi connectivity index (χ1v) is 4.98. The molecule has 0 heterocycles. The number of halogens is 7. The molecule has 1 nitrogen and oxygen atoms in total. The summed E-state index contributed by atoms with van der Waals surface area (Å²) in [5.41, 5.74) is -0.838. The molecular formula is C10H8ClF6N. The average molecular weight is 292 g/mol. The van der Waals surface area contributed by atoms with Gasteiger partial charge in [-0.05, 0) is 30.2 Å². The van der Waals surface area contributed by atoms with Crippen LogP contribution < -0.4 is 5.73 Å². The van der Waals surface area contributed by atoms with Crippen molar-refractivity contribution < 1.29 is 26.3 Å². The molecule has 0 aliphatic rings. The zero-order valence-electron chi connectivity index (χ0n) is 8.96. The molecule has 0 aliphatic heterocycles. The molecule has 0 aliphatic carbocycles. The topological polar surface area (TPSA) is 26.0 Å². The Bertz CT molecular complexity index is 437. The van der Waals surface area contributed by atoms with Crippen molar-refractivity contribution in [2.45, 2.75) is 24.2 Å². The van der Waals surface area contributed by atoms with Crippen LogP contribution in [0.15, 0.2) is 18.2 Å². The molecule has 8 heteroatoms.